The van der Waals surface area contributed by atoms with Crippen molar-refractivity contribution in [1.82, 2.24) is 5.32 Å². The quantitative estimate of drug-likeness (QED) is 0.0384. The van der Waals surface area contributed by atoms with E-state index < -0.39 is 18.2 Å². The minimum Gasteiger partial charge on any atom is -0.394 e. The van der Waals surface area contributed by atoms with Gasteiger partial charge in [-0.25, -0.2) is 0 Å². The van der Waals surface area contributed by atoms with Crippen LogP contribution in [0.1, 0.15) is 194 Å². The topological polar surface area (TPSA) is 89.8 Å². The molecule has 0 radical (unpaired) electrons. The summed E-state index contributed by atoms with van der Waals surface area (Å²) in [5, 5.41) is 33.1. The molecule has 0 aliphatic rings. The Bertz CT molecular complexity index is 861. The molecule has 5 nitrogen and oxygen atoms in total. The molecule has 0 spiro atoms. The third-order valence-electron chi connectivity index (χ3n) is 9.26. The van der Waals surface area contributed by atoms with Gasteiger partial charge in [-0.05, 0) is 77.0 Å². The zero-order valence-corrected chi connectivity index (χ0v) is 32.8. The van der Waals surface area contributed by atoms with Crippen LogP contribution in [-0.4, -0.2) is 46.1 Å². The summed E-state index contributed by atoms with van der Waals surface area (Å²) in [7, 11) is 0. The molecule has 0 aromatic rings. The van der Waals surface area contributed by atoms with Gasteiger partial charge >= 0.3 is 0 Å². The normalized spacial score (nSPS) is 14.3. The molecular weight excluding hydrogens is 618 g/mol. The van der Waals surface area contributed by atoms with Gasteiger partial charge in [-0.3, -0.25) is 4.79 Å². The largest absolute Gasteiger partial charge is 0.394 e. The van der Waals surface area contributed by atoms with Crippen LogP contribution in [0.2, 0.25) is 0 Å². The minimum absolute atomic E-state index is 0.00971. The third-order valence-corrected chi connectivity index (χ3v) is 9.26. The van der Waals surface area contributed by atoms with Crippen molar-refractivity contribution in [3.05, 3.63) is 60.8 Å². The standard InChI is InChI=1S/C45H81NO4/c1-3-5-7-9-11-13-15-17-19-20-21-22-23-24-25-26-28-30-32-34-36-38-42(48)40-45(50)46-43(41-47)44(49)39-37-35-33-31-29-27-18-16-14-12-10-8-6-4-2/h14,16,21-22,24-25,29,31,37,39,42-44,47-49H,3-13,15,17-20,23,26-28,30,32-36,38,40-41H2,1-2H3,(H,46,50)/b16-14+,22-21-,25-24-,31-29+,39-37+. The van der Waals surface area contributed by atoms with E-state index in [9.17, 15) is 20.1 Å². The van der Waals surface area contributed by atoms with Crippen molar-refractivity contribution in [2.45, 2.75) is 212 Å². The van der Waals surface area contributed by atoms with Crippen LogP contribution in [0.15, 0.2) is 60.8 Å². The first-order valence-corrected chi connectivity index (χ1v) is 21.1. The number of carbonyl (C=O) groups excluding carboxylic acids is 1. The van der Waals surface area contributed by atoms with E-state index in [4.69, 9.17) is 0 Å². The molecule has 0 aliphatic heterocycles. The molecule has 50 heavy (non-hydrogen) atoms. The third kappa shape index (κ3) is 35.9. The van der Waals surface area contributed by atoms with Crippen LogP contribution in [0.4, 0.5) is 0 Å². The first-order valence-electron chi connectivity index (χ1n) is 21.1. The van der Waals surface area contributed by atoms with Crippen LogP contribution in [0.25, 0.3) is 0 Å². The van der Waals surface area contributed by atoms with E-state index in [1.54, 1.807) is 6.08 Å². The fourth-order valence-corrected chi connectivity index (χ4v) is 5.99. The van der Waals surface area contributed by atoms with Gasteiger partial charge in [0, 0.05) is 0 Å². The van der Waals surface area contributed by atoms with Crippen molar-refractivity contribution < 1.29 is 20.1 Å². The van der Waals surface area contributed by atoms with E-state index in [1.807, 2.05) is 6.08 Å². The smallest absolute Gasteiger partial charge is 0.222 e. The Morgan fingerprint density at radius 3 is 1.42 bits per heavy atom. The summed E-state index contributed by atoms with van der Waals surface area (Å²) in [6, 6.07) is -0.773. The summed E-state index contributed by atoms with van der Waals surface area (Å²) in [6.07, 6.45) is 52.1. The Kier molecular flexibility index (Phi) is 38.3. The minimum atomic E-state index is -0.965. The highest BCUT2D eigenvalue weighted by Gasteiger charge is 2.20. The lowest BCUT2D eigenvalue weighted by Crippen LogP contribution is -2.45. The Labute approximate surface area is 309 Å². The van der Waals surface area contributed by atoms with Gasteiger partial charge in [0.1, 0.15) is 0 Å². The summed E-state index contributed by atoms with van der Waals surface area (Å²) in [5.41, 5.74) is 0. The van der Waals surface area contributed by atoms with Crippen LogP contribution < -0.4 is 5.32 Å². The molecule has 0 aromatic carbocycles. The van der Waals surface area contributed by atoms with Gasteiger partial charge in [0.2, 0.25) is 5.91 Å². The maximum atomic E-state index is 12.4. The van der Waals surface area contributed by atoms with E-state index in [2.05, 4.69) is 67.8 Å². The fourth-order valence-electron chi connectivity index (χ4n) is 5.99. The second-order valence-corrected chi connectivity index (χ2v) is 14.2. The summed E-state index contributed by atoms with van der Waals surface area (Å²) >= 11 is 0. The highest BCUT2D eigenvalue weighted by atomic mass is 16.3. The number of rotatable bonds is 37. The van der Waals surface area contributed by atoms with E-state index in [0.717, 1.165) is 57.8 Å². The first-order chi connectivity index (χ1) is 24.5. The molecule has 3 atom stereocenters. The molecule has 5 heteroatoms. The van der Waals surface area contributed by atoms with Crippen molar-refractivity contribution in [1.29, 1.82) is 0 Å². The summed E-state index contributed by atoms with van der Waals surface area (Å²) in [5.74, 6) is -0.341. The Morgan fingerprint density at radius 1 is 0.520 bits per heavy atom. The lowest BCUT2D eigenvalue weighted by molar-refractivity contribution is -0.124. The van der Waals surface area contributed by atoms with Crippen molar-refractivity contribution in [2.75, 3.05) is 6.61 Å². The lowest BCUT2D eigenvalue weighted by atomic mass is 10.0. The van der Waals surface area contributed by atoms with Gasteiger partial charge in [-0.1, -0.05) is 171 Å². The Hall–Kier alpha value is -1.95. The van der Waals surface area contributed by atoms with Gasteiger partial charge in [0.25, 0.3) is 0 Å². The summed E-state index contributed by atoms with van der Waals surface area (Å²) < 4.78 is 0. The second-order valence-electron chi connectivity index (χ2n) is 14.2. The SMILES string of the molecule is CCCCCC/C=C/CC/C=C/CC/C=C/C(O)C(CO)NC(=O)CC(O)CCCCCCC/C=C\C/C=C\CCCCCCCCCCC. The molecule has 0 rings (SSSR count). The van der Waals surface area contributed by atoms with Crippen molar-refractivity contribution in [2.24, 2.45) is 0 Å². The first kappa shape index (κ1) is 48.0. The highest BCUT2D eigenvalue weighted by Crippen LogP contribution is 2.13. The number of aliphatic hydroxyl groups excluding tert-OH is 3. The van der Waals surface area contributed by atoms with Gasteiger partial charge in [0.05, 0.1) is 31.3 Å². The average Bonchev–Trinajstić information content (AvgIpc) is 3.11. The van der Waals surface area contributed by atoms with Gasteiger partial charge in [-0.2, -0.15) is 0 Å². The Morgan fingerprint density at radius 2 is 0.920 bits per heavy atom. The van der Waals surface area contributed by atoms with Crippen LogP contribution in [0.5, 0.6) is 0 Å². The maximum absolute atomic E-state index is 12.4. The molecule has 1 amide bonds. The number of nitrogens with one attached hydrogen (secondary N) is 1. The summed E-state index contributed by atoms with van der Waals surface area (Å²) in [6.45, 7) is 4.16. The molecular formula is C45H81NO4. The van der Waals surface area contributed by atoms with Crippen LogP contribution in [-0.2, 0) is 4.79 Å². The molecule has 3 unspecified atom stereocenters. The molecule has 0 bridgehead atoms. The van der Waals surface area contributed by atoms with Gasteiger partial charge in [0.15, 0.2) is 0 Å². The Balaban J connectivity index is 3.77. The molecule has 290 valence electrons. The predicted molar refractivity (Wildman–Crippen MR) is 217 cm³/mol. The zero-order chi connectivity index (χ0) is 36.6. The number of hydrogen-bond donors (Lipinski definition) is 4. The number of aliphatic hydroxyl groups is 3. The zero-order valence-electron chi connectivity index (χ0n) is 32.8. The number of carbonyl (C=O) groups is 1. The van der Waals surface area contributed by atoms with Crippen molar-refractivity contribution in [3.63, 3.8) is 0 Å². The number of amides is 1. The monoisotopic (exact) mass is 700 g/mol. The average molecular weight is 700 g/mol. The van der Waals surface area contributed by atoms with Crippen LogP contribution in [0, 0.1) is 0 Å². The number of unbranched alkanes of at least 4 members (excludes halogenated alkanes) is 20. The van der Waals surface area contributed by atoms with Crippen LogP contribution in [0.3, 0.4) is 0 Å². The van der Waals surface area contributed by atoms with E-state index >= 15 is 0 Å². The van der Waals surface area contributed by atoms with E-state index in [0.29, 0.717) is 6.42 Å². The van der Waals surface area contributed by atoms with Crippen molar-refractivity contribution >= 4 is 5.91 Å². The lowest BCUT2D eigenvalue weighted by Gasteiger charge is -2.20. The fraction of sp³-hybridized carbons (Fsp3) is 0.756. The number of hydrogen-bond acceptors (Lipinski definition) is 4. The molecule has 0 heterocycles. The molecule has 0 aromatic heterocycles. The maximum Gasteiger partial charge on any atom is 0.222 e. The molecule has 0 saturated heterocycles. The van der Waals surface area contributed by atoms with Gasteiger partial charge < -0.3 is 20.6 Å². The number of allylic oxidation sites excluding steroid dienone is 9. The molecule has 0 fully saturated rings. The van der Waals surface area contributed by atoms with Crippen LogP contribution >= 0.6 is 0 Å². The molecule has 0 saturated carbocycles. The predicted octanol–water partition coefficient (Wildman–Crippen LogP) is 11.9. The van der Waals surface area contributed by atoms with E-state index in [-0.39, 0.29) is 18.9 Å². The molecule has 4 N–H and O–H groups in total. The highest BCUT2D eigenvalue weighted by molar-refractivity contribution is 5.76. The van der Waals surface area contributed by atoms with Crippen molar-refractivity contribution in [3.8, 4) is 0 Å². The second kappa shape index (κ2) is 39.8. The van der Waals surface area contributed by atoms with E-state index in [1.165, 1.54) is 109 Å². The summed E-state index contributed by atoms with van der Waals surface area (Å²) in [4.78, 5) is 12.4. The molecule has 0 aliphatic carbocycles. The van der Waals surface area contributed by atoms with Gasteiger partial charge in [-0.15, -0.1) is 0 Å².